The van der Waals surface area contributed by atoms with Gasteiger partial charge in [0, 0.05) is 12.0 Å². The van der Waals surface area contributed by atoms with E-state index in [0.717, 1.165) is 25.0 Å². The average molecular weight is 219 g/mol. The second-order valence-electron chi connectivity index (χ2n) is 6.14. The second-order valence-corrected chi connectivity index (χ2v) is 6.14. The first-order chi connectivity index (χ1) is 7.42. The van der Waals surface area contributed by atoms with Gasteiger partial charge in [0.15, 0.2) is 0 Å². The molecule has 16 heavy (non-hydrogen) atoms. The van der Waals surface area contributed by atoms with Crippen LogP contribution < -0.4 is 0 Å². The summed E-state index contributed by atoms with van der Waals surface area (Å²) in [5.41, 5.74) is 1.14. The summed E-state index contributed by atoms with van der Waals surface area (Å²) in [6.07, 6.45) is 3.43. The number of ether oxygens (including phenoxy) is 1. The minimum absolute atomic E-state index is 0.00190. The Bertz CT molecular complexity index is 352. The molecule has 0 aromatic carbocycles. The maximum Gasteiger partial charge on any atom is 0.0717 e. The topological polar surface area (TPSA) is 33.0 Å². The Balaban J connectivity index is 2.38. The van der Waals surface area contributed by atoms with Gasteiger partial charge < -0.3 is 4.74 Å². The van der Waals surface area contributed by atoms with Crippen molar-refractivity contribution in [1.29, 1.82) is 5.26 Å². The molecule has 1 heterocycles. The summed E-state index contributed by atoms with van der Waals surface area (Å²) in [4.78, 5) is 0. The fourth-order valence-corrected chi connectivity index (χ4v) is 3.63. The fraction of sp³-hybridized carbons (Fsp3) is 0.786. The maximum atomic E-state index is 9.25. The molecule has 1 aliphatic carbocycles. The average Bonchev–Trinajstić information content (AvgIpc) is 2.24. The Kier molecular flexibility index (Phi) is 2.62. The highest BCUT2D eigenvalue weighted by molar-refractivity contribution is 5.26. The van der Waals surface area contributed by atoms with Crippen LogP contribution in [0.15, 0.2) is 12.2 Å². The van der Waals surface area contributed by atoms with Gasteiger partial charge in [0.25, 0.3) is 0 Å². The first-order valence-electron chi connectivity index (χ1n) is 6.12. The van der Waals surface area contributed by atoms with Gasteiger partial charge in [-0.3, -0.25) is 0 Å². The lowest BCUT2D eigenvalue weighted by Gasteiger charge is -2.55. The van der Waals surface area contributed by atoms with Gasteiger partial charge in [-0.15, -0.1) is 0 Å². The second kappa shape index (κ2) is 3.60. The van der Waals surface area contributed by atoms with Gasteiger partial charge in [0.05, 0.1) is 18.1 Å². The van der Waals surface area contributed by atoms with Crippen LogP contribution in [0.3, 0.4) is 0 Å². The molecule has 0 amide bonds. The van der Waals surface area contributed by atoms with Crippen molar-refractivity contribution in [3.05, 3.63) is 12.2 Å². The summed E-state index contributed by atoms with van der Waals surface area (Å²) >= 11 is 0. The van der Waals surface area contributed by atoms with Crippen molar-refractivity contribution in [2.75, 3.05) is 6.61 Å². The third-order valence-electron chi connectivity index (χ3n) is 4.54. The Morgan fingerprint density at radius 3 is 2.75 bits per heavy atom. The molecule has 0 spiro atoms. The molecule has 1 saturated heterocycles. The van der Waals surface area contributed by atoms with Crippen molar-refractivity contribution in [2.45, 2.75) is 46.1 Å². The summed E-state index contributed by atoms with van der Waals surface area (Å²) in [7, 11) is 0. The monoisotopic (exact) mass is 219 g/mol. The Morgan fingerprint density at radius 1 is 1.44 bits per heavy atom. The van der Waals surface area contributed by atoms with E-state index in [1.807, 2.05) is 0 Å². The van der Waals surface area contributed by atoms with Gasteiger partial charge in [-0.2, -0.15) is 5.26 Å². The highest BCUT2D eigenvalue weighted by Crippen LogP contribution is 2.55. The van der Waals surface area contributed by atoms with Crippen LogP contribution in [0.4, 0.5) is 0 Å². The van der Waals surface area contributed by atoms with Crippen molar-refractivity contribution >= 4 is 0 Å². The summed E-state index contributed by atoms with van der Waals surface area (Å²) in [6, 6.07) is 2.41. The van der Waals surface area contributed by atoms with E-state index in [1.54, 1.807) is 0 Å². The predicted molar refractivity (Wildman–Crippen MR) is 63.7 cm³/mol. The number of rotatable bonds is 0. The largest absolute Gasteiger partial charge is 0.377 e. The molecule has 1 aliphatic heterocycles. The molecule has 0 bridgehead atoms. The highest BCUT2D eigenvalue weighted by atomic mass is 16.5. The molecule has 0 radical (unpaired) electrons. The van der Waals surface area contributed by atoms with Crippen LogP contribution in [0.2, 0.25) is 0 Å². The standard InChI is InChI=1S/C14H21NO/c1-10-11(9-15)8-14(4)6-5-7-16-12(14)13(10,2)3/h11-12H,1,5-8H2,2-4H3. The molecule has 2 heteroatoms. The van der Waals surface area contributed by atoms with Crippen LogP contribution in [0.1, 0.15) is 40.0 Å². The van der Waals surface area contributed by atoms with Crippen LogP contribution in [0, 0.1) is 28.1 Å². The van der Waals surface area contributed by atoms with Crippen molar-refractivity contribution < 1.29 is 4.74 Å². The number of fused-ring (bicyclic) bond motifs is 1. The molecule has 88 valence electrons. The van der Waals surface area contributed by atoms with Crippen molar-refractivity contribution in [3.63, 3.8) is 0 Å². The van der Waals surface area contributed by atoms with Gasteiger partial charge in [-0.25, -0.2) is 0 Å². The first kappa shape index (κ1) is 11.7. The Hall–Kier alpha value is -0.810. The van der Waals surface area contributed by atoms with E-state index < -0.39 is 0 Å². The SMILES string of the molecule is C=C1C(C#N)CC2(C)CCCOC2C1(C)C. The summed E-state index contributed by atoms with van der Waals surface area (Å²) < 4.78 is 5.99. The highest BCUT2D eigenvalue weighted by Gasteiger charge is 2.53. The molecule has 2 aliphatic rings. The zero-order valence-electron chi connectivity index (χ0n) is 10.5. The molecule has 2 rings (SSSR count). The Morgan fingerprint density at radius 2 is 2.12 bits per heavy atom. The summed E-state index contributed by atoms with van der Waals surface area (Å²) in [5.74, 6) is -0.00190. The Labute approximate surface area is 98.3 Å². The molecular formula is C14H21NO. The maximum absolute atomic E-state index is 9.25. The van der Waals surface area contributed by atoms with Crippen molar-refractivity contribution in [2.24, 2.45) is 16.7 Å². The van der Waals surface area contributed by atoms with Gasteiger partial charge in [0.2, 0.25) is 0 Å². The predicted octanol–water partition coefficient (Wildman–Crippen LogP) is 3.30. The van der Waals surface area contributed by atoms with E-state index >= 15 is 0 Å². The third kappa shape index (κ3) is 1.50. The number of nitrogens with zero attached hydrogens (tertiary/aromatic N) is 1. The van der Waals surface area contributed by atoms with Gasteiger partial charge in [0.1, 0.15) is 0 Å². The van der Waals surface area contributed by atoms with E-state index in [4.69, 9.17) is 4.74 Å². The minimum atomic E-state index is -0.0756. The van der Waals surface area contributed by atoms with Gasteiger partial charge in [-0.05, 0) is 24.7 Å². The van der Waals surface area contributed by atoms with Crippen LogP contribution in [0.25, 0.3) is 0 Å². The van der Waals surface area contributed by atoms with Crippen LogP contribution in [-0.4, -0.2) is 12.7 Å². The zero-order valence-corrected chi connectivity index (χ0v) is 10.5. The lowest BCUT2D eigenvalue weighted by molar-refractivity contribution is -0.144. The quantitative estimate of drug-likeness (QED) is 0.586. The first-order valence-corrected chi connectivity index (χ1v) is 6.12. The molecule has 3 unspecified atom stereocenters. The van der Waals surface area contributed by atoms with E-state index in [9.17, 15) is 5.26 Å². The van der Waals surface area contributed by atoms with E-state index in [-0.39, 0.29) is 22.9 Å². The lowest BCUT2D eigenvalue weighted by atomic mass is 9.55. The third-order valence-corrected chi connectivity index (χ3v) is 4.54. The fourth-order valence-electron chi connectivity index (χ4n) is 3.63. The number of hydrogen-bond acceptors (Lipinski definition) is 2. The molecule has 0 N–H and O–H groups in total. The molecule has 0 aromatic heterocycles. The van der Waals surface area contributed by atoms with E-state index in [1.165, 1.54) is 6.42 Å². The molecule has 3 atom stereocenters. The molecule has 0 aromatic rings. The molecular weight excluding hydrogens is 198 g/mol. The van der Waals surface area contributed by atoms with Gasteiger partial charge in [-0.1, -0.05) is 32.9 Å². The zero-order chi connectivity index (χ0) is 12.0. The summed E-state index contributed by atoms with van der Waals surface area (Å²) in [6.45, 7) is 11.6. The van der Waals surface area contributed by atoms with E-state index in [0.29, 0.717) is 0 Å². The molecule has 2 nitrogen and oxygen atoms in total. The number of nitriles is 1. The summed E-state index contributed by atoms with van der Waals surface area (Å²) in [5, 5.41) is 9.25. The number of hydrogen-bond donors (Lipinski definition) is 0. The lowest BCUT2D eigenvalue weighted by Crippen LogP contribution is -2.54. The smallest absolute Gasteiger partial charge is 0.0717 e. The van der Waals surface area contributed by atoms with Crippen LogP contribution in [0.5, 0.6) is 0 Å². The van der Waals surface area contributed by atoms with Gasteiger partial charge >= 0.3 is 0 Å². The van der Waals surface area contributed by atoms with Crippen molar-refractivity contribution in [1.82, 2.24) is 0 Å². The van der Waals surface area contributed by atoms with Crippen LogP contribution >= 0.6 is 0 Å². The van der Waals surface area contributed by atoms with E-state index in [2.05, 4.69) is 33.4 Å². The van der Waals surface area contributed by atoms with Crippen LogP contribution in [-0.2, 0) is 4.74 Å². The molecule has 1 saturated carbocycles. The minimum Gasteiger partial charge on any atom is -0.377 e. The van der Waals surface area contributed by atoms with Crippen molar-refractivity contribution in [3.8, 4) is 6.07 Å². The molecule has 2 fully saturated rings. The normalized spacial score (nSPS) is 42.2.